The van der Waals surface area contributed by atoms with Crippen LogP contribution in [0.5, 0.6) is 0 Å². The second-order valence-electron chi connectivity index (χ2n) is 4.46. The standard InChI is InChI=1S/C11H13N5O2/c17-8-4-2-1-3-7(8)5-9-14-11(16-18-9)10-12-6-13-15-10/h6-7H,1-5H2,(H,12,13,15). The molecule has 0 bridgehead atoms. The van der Waals surface area contributed by atoms with Gasteiger partial charge in [0.05, 0.1) is 0 Å². The Kier molecular flexibility index (Phi) is 2.87. The second-order valence-corrected chi connectivity index (χ2v) is 4.46. The van der Waals surface area contributed by atoms with Gasteiger partial charge in [-0.2, -0.15) is 10.1 Å². The molecule has 1 N–H and O–H groups in total. The molecule has 0 aliphatic heterocycles. The van der Waals surface area contributed by atoms with Gasteiger partial charge in [-0.1, -0.05) is 11.6 Å². The molecule has 2 aromatic rings. The highest BCUT2D eigenvalue weighted by molar-refractivity contribution is 5.81. The zero-order chi connectivity index (χ0) is 12.4. The van der Waals surface area contributed by atoms with E-state index in [9.17, 15) is 4.79 Å². The predicted molar refractivity (Wildman–Crippen MR) is 60.3 cm³/mol. The van der Waals surface area contributed by atoms with Gasteiger partial charge in [-0.15, -0.1) is 0 Å². The van der Waals surface area contributed by atoms with Crippen molar-refractivity contribution in [1.29, 1.82) is 0 Å². The highest BCUT2D eigenvalue weighted by Gasteiger charge is 2.25. The van der Waals surface area contributed by atoms with Crippen LogP contribution in [0.3, 0.4) is 0 Å². The largest absolute Gasteiger partial charge is 0.339 e. The number of nitrogens with one attached hydrogen (secondary N) is 1. The van der Waals surface area contributed by atoms with Crippen LogP contribution in [0.4, 0.5) is 0 Å². The van der Waals surface area contributed by atoms with E-state index >= 15 is 0 Å². The van der Waals surface area contributed by atoms with E-state index in [1.807, 2.05) is 0 Å². The van der Waals surface area contributed by atoms with E-state index in [2.05, 4.69) is 25.3 Å². The van der Waals surface area contributed by atoms with Crippen LogP contribution < -0.4 is 0 Å². The van der Waals surface area contributed by atoms with Crippen LogP contribution in [0.2, 0.25) is 0 Å². The lowest BCUT2D eigenvalue weighted by Gasteiger charge is -2.18. The summed E-state index contributed by atoms with van der Waals surface area (Å²) in [6.07, 6.45) is 5.60. The zero-order valence-corrected chi connectivity index (χ0v) is 9.80. The molecular formula is C11H13N5O2. The minimum atomic E-state index is 0.0294. The van der Waals surface area contributed by atoms with Gasteiger partial charge in [0.2, 0.25) is 11.7 Å². The van der Waals surface area contributed by atoms with Gasteiger partial charge < -0.3 is 4.52 Å². The molecular weight excluding hydrogens is 234 g/mol. The molecule has 1 aliphatic rings. The van der Waals surface area contributed by atoms with Crippen LogP contribution in [0.1, 0.15) is 31.6 Å². The fourth-order valence-corrected chi connectivity index (χ4v) is 2.23. The number of carbonyl (C=O) groups is 1. The average Bonchev–Trinajstić information content (AvgIpc) is 3.02. The van der Waals surface area contributed by atoms with Crippen molar-refractivity contribution in [2.24, 2.45) is 5.92 Å². The molecule has 2 aromatic heterocycles. The van der Waals surface area contributed by atoms with Gasteiger partial charge in [-0.25, -0.2) is 4.98 Å². The maximum absolute atomic E-state index is 11.7. The molecule has 1 fully saturated rings. The fraction of sp³-hybridized carbons (Fsp3) is 0.545. The Labute approximate surface area is 103 Å². The summed E-state index contributed by atoms with van der Waals surface area (Å²) in [6.45, 7) is 0. The van der Waals surface area contributed by atoms with Gasteiger partial charge >= 0.3 is 0 Å². The summed E-state index contributed by atoms with van der Waals surface area (Å²) in [7, 11) is 0. The number of Topliss-reactive ketones (excluding diaryl/α,β-unsaturated/α-hetero) is 1. The first-order chi connectivity index (χ1) is 8.83. The average molecular weight is 247 g/mol. The van der Waals surface area contributed by atoms with Crippen LogP contribution in [0.15, 0.2) is 10.9 Å². The molecule has 7 nitrogen and oxygen atoms in total. The van der Waals surface area contributed by atoms with Crippen LogP contribution >= 0.6 is 0 Å². The topological polar surface area (TPSA) is 97.6 Å². The van der Waals surface area contributed by atoms with Crippen molar-refractivity contribution in [2.75, 3.05) is 0 Å². The Morgan fingerprint density at radius 2 is 2.39 bits per heavy atom. The van der Waals surface area contributed by atoms with Gasteiger partial charge in [0.15, 0.2) is 5.82 Å². The first-order valence-corrected chi connectivity index (χ1v) is 6.04. The summed E-state index contributed by atoms with van der Waals surface area (Å²) < 4.78 is 5.14. The molecule has 0 aromatic carbocycles. The lowest BCUT2D eigenvalue weighted by molar-refractivity contribution is -0.124. The van der Waals surface area contributed by atoms with Crippen molar-refractivity contribution in [3.63, 3.8) is 0 Å². The second kappa shape index (κ2) is 4.67. The highest BCUT2D eigenvalue weighted by Crippen LogP contribution is 2.24. The number of hydrogen-bond donors (Lipinski definition) is 1. The van der Waals surface area contributed by atoms with Crippen molar-refractivity contribution < 1.29 is 9.32 Å². The van der Waals surface area contributed by atoms with Gasteiger partial charge in [-0.3, -0.25) is 9.89 Å². The minimum absolute atomic E-state index is 0.0294. The van der Waals surface area contributed by atoms with Crippen LogP contribution in [0.25, 0.3) is 11.6 Å². The number of hydrogen-bond acceptors (Lipinski definition) is 6. The number of carbonyl (C=O) groups excluding carboxylic acids is 1. The van der Waals surface area contributed by atoms with E-state index in [-0.39, 0.29) is 5.92 Å². The molecule has 1 atom stereocenters. The van der Waals surface area contributed by atoms with Gasteiger partial charge in [0.1, 0.15) is 12.1 Å². The Morgan fingerprint density at radius 3 is 3.17 bits per heavy atom. The monoisotopic (exact) mass is 247 g/mol. The predicted octanol–water partition coefficient (Wildman–Crippen LogP) is 1.16. The third-order valence-electron chi connectivity index (χ3n) is 3.20. The summed E-state index contributed by atoms with van der Waals surface area (Å²) in [5.74, 6) is 1.68. The highest BCUT2D eigenvalue weighted by atomic mass is 16.5. The van der Waals surface area contributed by atoms with E-state index in [1.54, 1.807) is 0 Å². The summed E-state index contributed by atoms with van der Waals surface area (Å²) in [5.41, 5.74) is 0. The molecule has 7 heteroatoms. The van der Waals surface area contributed by atoms with Crippen molar-refractivity contribution in [1.82, 2.24) is 25.3 Å². The van der Waals surface area contributed by atoms with E-state index in [4.69, 9.17) is 4.52 Å². The third kappa shape index (κ3) is 2.15. The number of H-pyrrole nitrogens is 1. The van der Waals surface area contributed by atoms with Crippen molar-refractivity contribution in [3.8, 4) is 11.6 Å². The van der Waals surface area contributed by atoms with Crippen molar-refractivity contribution >= 4 is 5.78 Å². The normalized spacial score (nSPS) is 20.2. The summed E-state index contributed by atoms with van der Waals surface area (Å²) in [5, 5.41) is 10.2. The van der Waals surface area contributed by atoms with Crippen LogP contribution in [0, 0.1) is 5.92 Å². The molecule has 3 rings (SSSR count). The maximum atomic E-state index is 11.7. The molecule has 0 saturated heterocycles. The molecule has 18 heavy (non-hydrogen) atoms. The Balaban J connectivity index is 1.72. The quantitative estimate of drug-likeness (QED) is 0.873. The molecule has 1 unspecified atom stereocenters. The van der Waals surface area contributed by atoms with Crippen LogP contribution in [-0.4, -0.2) is 31.1 Å². The van der Waals surface area contributed by atoms with Gasteiger partial charge in [0, 0.05) is 18.8 Å². The number of aromatic nitrogens is 5. The van der Waals surface area contributed by atoms with E-state index < -0.39 is 0 Å². The smallest absolute Gasteiger partial charge is 0.239 e. The maximum Gasteiger partial charge on any atom is 0.239 e. The van der Waals surface area contributed by atoms with E-state index in [0.29, 0.717) is 36.2 Å². The molecule has 0 radical (unpaired) electrons. The third-order valence-corrected chi connectivity index (χ3v) is 3.20. The van der Waals surface area contributed by atoms with E-state index in [1.165, 1.54) is 6.33 Å². The Hall–Kier alpha value is -2.05. The number of nitrogens with zero attached hydrogens (tertiary/aromatic N) is 4. The molecule has 94 valence electrons. The van der Waals surface area contributed by atoms with Crippen LogP contribution in [-0.2, 0) is 11.2 Å². The zero-order valence-electron chi connectivity index (χ0n) is 9.80. The molecule has 0 spiro atoms. The first kappa shape index (κ1) is 11.1. The number of aromatic amines is 1. The summed E-state index contributed by atoms with van der Waals surface area (Å²) in [4.78, 5) is 19.9. The lowest BCUT2D eigenvalue weighted by Crippen LogP contribution is -2.21. The summed E-state index contributed by atoms with van der Waals surface area (Å²) >= 11 is 0. The van der Waals surface area contributed by atoms with Crippen molar-refractivity contribution in [3.05, 3.63) is 12.2 Å². The number of rotatable bonds is 3. The van der Waals surface area contributed by atoms with Gasteiger partial charge in [0.25, 0.3) is 0 Å². The lowest BCUT2D eigenvalue weighted by atomic mass is 9.86. The number of ketones is 1. The first-order valence-electron chi connectivity index (χ1n) is 6.04. The molecule has 1 saturated carbocycles. The summed E-state index contributed by atoms with van der Waals surface area (Å²) in [6, 6.07) is 0. The molecule has 0 amide bonds. The van der Waals surface area contributed by atoms with Crippen molar-refractivity contribution in [2.45, 2.75) is 32.1 Å². The van der Waals surface area contributed by atoms with Gasteiger partial charge in [-0.05, 0) is 12.8 Å². The SMILES string of the molecule is O=C1CCCCC1Cc1nc(-c2ncn[nH]2)no1. The molecule has 2 heterocycles. The Bertz CT molecular complexity index is 533. The molecule has 1 aliphatic carbocycles. The van der Waals surface area contributed by atoms with E-state index in [0.717, 1.165) is 19.3 Å². The fourth-order valence-electron chi connectivity index (χ4n) is 2.23. The minimum Gasteiger partial charge on any atom is -0.339 e. The Morgan fingerprint density at radius 1 is 1.44 bits per heavy atom.